The number of hydrogen-bond donors (Lipinski definition) is 1. The van der Waals surface area contributed by atoms with Gasteiger partial charge in [0.1, 0.15) is 5.69 Å². The standard InChI is InChI=1S/C14H15N3O2/c1-11-5-6-13(14(10-11)17(18)19)16-9-7-12-4-2-3-8-15-12/h2-6,8,10,16H,7,9H2,1H3. The number of rotatable bonds is 5. The van der Waals surface area contributed by atoms with Gasteiger partial charge in [0.05, 0.1) is 4.92 Å². The van der Waals surface area contributed by atoms with Crippen molar-refractivity contribution < 1.29 is 4.92 Å². The van der Waals surface area contributed by atoms with Crippen LogP contribution in [0.25, 0.3) is 0 Å². The summed E-state index contributed by atoms with van der Waals surface area (Å²) in [4.78, 5) is 14.8. The molecule has 1 aromatic heterocycles. The third kappa shape index (κ3) is 3.51. The molecule has 19 heavy (non-hydrogen) atoms. The molecule has 5 heteroatoms. The zero-order valence-corrected chi connectivity index (χ0v) is 10.7. The molecule has 0 aliphatic rings. The van der Waals surface area contributed by atoms with Crippen molar-refractivity contribution in [1.82, 2.24) is 4.98 Å². The normalized spacial score (nSPS) is 10.2. The molecule has 1 N–H and O–H groups in total. The summed E-state index contributed by atoms with van der Waals surface area (Å²) in [5.74, 6) is 0. The van der Waals surface area contributed by atoms with Gasteiger partial charge in [0.15, 0.2) is 0 Å². The van der Waals surface area contributed by atoms with Gasteiger partial charge >= 0.3 is 0 Å². The summed E-state index contributed by atoms with van der Waals surface area (Å²) >= 11 is 0. The van der Waals surface area contributed by atoms with E-state index in [2.05, 4.69) is 10.3 Å². The first-order chi connectivity index (χ1) is 9.16. The van der Waals surface area contributed by atoms with Gasteiger partial charge < -0.3 is 5.32 Å². The molecule has 2 rings (SSSR count). The van der Waals surface area contributed by atoms with Crippen molar-refractivity contribution in [2.24, 2.45) is 0 Å². The highest BCUT2D eigenvalue weighted by Crippen LogP contribution is 2.25. The quantitative estimate of drug-likeness (QED) is 0.660. The fourth-order valence-corrected chi connectivity index (χ4v) is 1.81. The third-order valence-electron chi connectivity index (χ3n) is 2.77. The molecule has 0 amide bonds. The molecule has 0 unspecified atom stereocenters. The fourth-order valence-electron chi connectivity index (χ4n) is 1.81. The number of pyridine rings is 1. The molecule has 0 spiro atoms. The molecule has 0 saturated heterocycles. The van der Waals surface area contributed by atoms with E-state index in [0.717, 1.165) is 17.7 Å². The van der Waals surface area contributed by atoms with Crippen LogP contribution in [0.4, 0.5) is 11.4 Å². The van der Waals surface area contributed by atoms with Crippen molar-refractivity contribution in [3.05, 3.63) is 64.0 Å². The molecule has 2 aromatic rings. The van der Waals surface area contributed by atoms with E-state index in [1.807, 2.05) is 31.2 Å². The summed E-state index contributed by atoms with van der Waals surface area (Å²) in [6.45, 7) is 2.45. The van der Waals surface area contributed by atoms with Crippen molar-refractivity contribution in [2.45, 2.75) is 13.3 Å². The molecule has 98 valence electrons. The Labute approximate surface area is 111 Å². The van der Waals surface area contributed by atoms with Gasteiger partial charge in [-0.05, 0) is 30.7 Å². The minimum atomic E-state index is -0.365. The molecule has 0 saturated carbocycles. The van der Waals surface area contributed by atoms with Crippen LogP contribution in [-0.4, -0.2) is 16.5 Å². The van der Waals surface area contributed by atoms with Crippen LogP contribution < -0.4 is 5.32 Å². The molecule has 0 aliphatic heterocycles. The molecule has 0 fully saturated rings. The Hall–Kier alpha value is -2.43. The highest BCUT2D eigenvalue weighted by atomic mass is 16.6. The molecule has 1 heterocycles. The van der Waals surface area contributed by atoms with Crippen molar-refractivity contribution >= 4 is 11.4 Å². The van der Waals surface area contributed by atoms with Crippen LogP contribution >= 0.6 is 0 Å². The van der Waals surface area contributed by atoms with Gasteiger partial charge in [0.25, 0.3) is 5.69 Å². The Morgan fingerprint density at radius 3 is 2.84 bits per heavy atom. The highest BCUT2D eigenvalue weighted by Gasteiger charge is 2.12. The third-order valence-corrected chi connectivity index (χ3v) is 2.77. The van der Waals surface area contributed by atoms with E-state index in [1.54, 1.807) is 18.3 Å². The Morgan fingerprint density at radius 1 is 1.32 bits per heavy atom. The van der Waals surface area contributed by atoms with E-state index in [9.17, 15) is 10.1 Å². The van der Waals surface area contributed by atoms with Gasteiger partial charge in [-0.3, -0.25) is 15.1 Å². The Bertz CT molecular complexity index is 570. The lowest BCUT2D eigenvalue weighted by Crippen LogP contribution is -2.07. The summed E-state index contributed by atoms with van der Waals surface area (Å²) in [6.07, 6.45) is 2.47. The summed E-state index contributed by atoms with van der Waals surface area (Å²) < 4.78 is 0. The van der Waals surface area contributed by atoms with Gasteiger partial charge in [-0.2, -0.15) is 0 Å². The molecular formula is C14H15N3O2. The van der Waals surface area contributed by atoms with Crippen molar-refractivity contribution in [3.63, 3.8) is 0 Å². The van der Waals surface area contributed by atoms with Crippen LogP contribution in [0.15, 0.2) is 42.6 Å². The van der Waals surface area contributed by atoms with Gasteiger partial charge in [0.2, 0.25) is 0 Å². The molecule has 5 nitrogen and oxygen atoms in total. The van der Waals surface area contributed by atoms with Crippen LogP contribution in [-0.2, 0) is 6.42 Å². The summed E-state index contributed by atoms with van der Waals surface area (Å²) in [6, 6.07) is 10.9. The zero-order chi connectivity index (χ0) is 13.7. The van der Waals surface area contributed by atoms with Crippen molar-refractivity contribution in [2.75, 3.05) is 11.9 Å². The topological polar surface area (TPSA) is 68.1 Å². The van der Waals surface area contributed by atoms with E-state index in [4.69, 9.17) is 0 Å². The first kappa shape index (κ1) is 13.0. The molecule has 0 bridgehead atoms. The van der Waals surface area contributed by atoms with E-state index in [0.29, 0.717) is 12.2 Å². The SMILES string of the molecule is Cc1ccc(NCCc2ccccn2)c([N+](=O)[O-])c1. The second-order valence-corrected chi connectivity index (χ2v) is 4.28. The Morgan fingerprint density at radius 2 is 2.16 bits per heavy atom. The highest BCUT2D eigenvalue weighted by molar-refractivity contribution is 5.62. The van der Waals surface area contributed by atoms with Crippen LogP contribution in [0.3, 0.4) is 0 Å². The predicted molar refractivity (Wildman–Crippen MR) is 74.3 cm³/mol. The van der Waals surface area contributed by atoms with Gasteiger partial charge in [-0.25, -0.2) is 0 Å². The van der Waals surface area contributed by atoms with Crippen LogP contribution in [0.5, 0.6) is 0 Å². The smallest absolute Gasteiger partial charge is 0.292 e. The molecule has 1 aromatic carbocycles. The van der Waals surface area contributed by atoms with E-state index >= 15 is 0 Å². The second kappa shape index (κ2) is 5.95. The number of nitro groups is 1. The number of anilines is 1. The summed E-state index contributed by atoms with van der Waals surface area (Å²) in [5.41, 5.74) is 2.50. The first-order valence-corrected chi connectivity index (χ1v) is 6.05. The number of benzene rings is 1. The van der Waals surface area contributed by atoms with Gasteiger partial charge in [0, 0.05) is 30.9 Å². The fraction of sp³-hybridized carbons (Fsp3) is 0.214. The molecule has 0 atom stereocenters. The number of nitrogens with zero attached hydrogens (tertiary/aromatic N) is 2. The summed E-state index contributed by atoms with van der Waals surface area (Å²) in [5, 5.41) is 14.0. The number of nitrogens with one attached hydrogen (secondary N) is 1. The Balaban J connectivity index is 2.02. The number of aryl methyl sites for hydroxylation is 1. The average molecular weight is 257 g/mol. The zero-order valence-electron chi connectivity index (χ0n) is 10.7. The van der Waals surface area contributed by atoms with E-state index in [-0.39, 0.29) is 10.6 Å². The minimum Gasteiger partial charge on any atom is -0.379 e. The van der Waals surface area contributed by atoms with Crippen LogP contribution in [0, 0.1) is 17.0 Å². The first-order valence-electron chi connectivity index (χ1n) is 6.05. The monoisotopic (exact) mass is 257 g/mol. The molecule has 0 aliphatic carbocycles. The largest absolute Gasteiger partial charge is 0.379 e. The van der Waals surface area contributed by atoms with Crippen molar-refractivity contribution in [3.8, 4) is 0 Å². The average Bonchev–Trinajstić information content (AvgIpc) is 2.41. The maximum absolute atomic E-state index is 11.0. The van der Waals surface area contributed by atoms with Crippen LogP contribution in [0.1, 0.15) is 11.3 Å². The van der Waals surface area contributed by atoms with Gasteiger partial charge in [-0.15, -0.1) is 0 Å². The number of aromatic nitrogens is 1. The van der Waals surface area contributed by atoms with Crippen LogP contribution in [0.2, 0.25) is 0 Å². The lowest BCUT2D eigenvalue weighted by Gasteiger charge is -2.07. The maximum atomic E-state index is 11.0. The number of nitro benzene ring substituents is 1. The number of hydrogen-bond acceptors (Lipinski definition) is 4. The van der Waals surface area contributed by atoms with E-state index < -0.39 is 0 Å². The minimum absolute atomic E-state index is 0.112. The molecule has 0 radical (unpaired) electrons. The summed E-state index contributed by atoms with van der Waals surface area (Å²) in [7, 11) is 0. The van der Waals surface area contributed by atoms with Crippen molar-refractivity contribution in [1.29, 1.82) is 0 Å². The predicted octanol–water partition coefficient (Wildman–Crippen LogP) is 2.95. The molecular weight excluding hydrogens is 242 g/mol. The second-order valence-electron chi connectivity index (χ2n) is 4.28. The lowest BCUT2D eigenvalue weighted by atomic mass is 10.2. The van der Waals surface area contributed by atoms with E-state index in [1.165, 1.54) is 0 Å². The van der Waals surface area contributed by atoms with Gasteiger partial charge in [-0.1, -0.05) is 12.1 Å². The lowest BCUT2D eigenvalue weighted by molar-refractivity contribution is -0.384. The Kier molecular flexibility index (Phi) is 4.07. The maximum Gasteiger partial charge on any atom is 0.292 e.